The zero-order valence-corrected chi connectivity index (χ0v) is 12.5. The predicted molar refractivity (Wildman–Crippen MR) is 86.1 cm³/mol. The molecule has 22 heavy (non-hydrogen) atoms. The van der Waals surface area contributed by atoms with Crippen LogP contribution in [-0.2, 0) is 4.74 Å². The number of rotatable bonds is 5. The van der Waals surface area contributed by atoms with Gasteiger partial charge < -0.3 is 10.1 Å². The quantitative estimate of drug-likeness (QED) is 0.520. The van der Waals surface area contributed by atoms with Crippen molar-refractivity contribution in [3.05, 3.63) is 77.5 Å². The lowest BCUT2D eigenvalue weighted by Gasteiger charge is -2.02. The summed E-state index contributed by atoms with van der Waals surface area (Å²) in [5.74, 6) is -0.449. The number of benzene rings is 2. The summed E-state index contributed by atoms with van der Waals surface area (Å²) in [6.45, 7) is 1.98. The molecule has 0 fully saturated rings. The first-order valence-corrected chi connectivity index (χ1v) is 6.82. The second-order valence-corrected chi connectivity index (χ2v) is 4.78. The molecule has 112 valence electrons. The Morgan fingerprint density at radius 1 is 0.955 bits per heavy atom. The van der Waals surface area contributed by atoms with E-state index in [0.717, 1.165) is 11.3 Å². The number of carbonyl (C=O) groups is 2. The second-order valence-electron chi connectivity index (χ2n) is 4.78. The first-order chi connectivity index (χ1) is 10.6. The molecule has 0 spiro atoms. The van der Waals surface area contributed by atoms with Crippen molar-refractivity contribution in [1.82, 2.24) is 0 Å². The number of anilines is 1. The van der Waals surface area contributed by atoms with Crippen LogP contribution in [0.2, 0.25) is 0 Å². The van der Waals surface area contributed by atoms with Gasteiger partial charge in [0.25, 0.3) is 0 Å². The van der Waals surface area contributed by atoms with Crippen molar-refractivity contribution in [2.75, 3.05) is 12.4 Å². The molecule has 1 N–H and O–H groups in total. The molecule has 0 unspecified atom stereocenters. The zero-order valence-electron chi connectivity index (χ0n) is 12.5. The van der Waals surface area contributed by atoms with E-state index in [-0.39, 0.29) is 11.8 Å². The largest absolute Gasteiger partial charge is 0.465 e. The summed E-state index contributed by atoms with van der Waals surface area (Å²) in [5, 5.41) is 2.99. The highest BCUT2D eigenvalue weighted by atomic mass is 16.5. The zero-order chi connectivity index (χ0) is 15.9. The average Bonchev–Trinajstić information content (AvgIpc) is 2.55. The lowest BCUT2D eigenvalue weighted by Crippen LogP contribution is -2.01. The minimum atomic E-state index is -0.378. The molecule has 0 bridgehead atoms. The molecule has 0 radical (unpaired) electrons. The monoisotopic (exact) mass is 295 g/mol. The SMILES string of the molecule is COC(=O)c1ccc(NC=CC(=O)c2ccc(C)cc2)cc1. The van der Waals surface area contributed by atoms with Crippen molar-refractivity contribution in [2.45, 2.75) is 6.92 Å². The third kappa shape index (κ3) is 4.06. The molecule has 0 aliphatic rings. The fraction of sp³-hybridized carbons (Fsp3) is 0.111. The number of ether oxygens (including phenoxy) is 1. The number of methoxy groups -OCH3 is 1. The molecule has 4 heteroatoms. The highest BCUT2D eigenvalue weighted by Gasteiger charge is 2.04. The van der Waals surface area contributed by atoms with Gasteiger partial charge in [-0.25, -0.2) is 4.79 Å². The maximum Gasteiger partial charge on any atom is 0.337 e. The Hall–Kier alpha value is -2.88. The smallest absolute Gasteiger partial charge is 0.337 e. The Morgan fingerprint density at radius 3 is 2.14 bits per heavy atom. The van der Waals surface area contributed by atoms with E-state index >= 15 is 0 Å². The summed E-state index contributed by atoms with van der Waals surface area (Å²) >= 11 is 0. The highest BCUT2D eigenvalue weighted by molar-refractivity contribution is 6.04. The van der Waals surface area contributed by atoms with Crippen LogP contribution in [0.15, 0.2) is 60.8 Å². The maximum absolute atomic E-state index is 11.9. The van der Waals surface area contributed by atoms with Crippen LogP contribution in [0.1, 0.15) is 26.3 Å². The third-order valence-electron chi connectivity index (χ3n) is 3.13. The van der Waals surface area contributed by atoms with Gasteiger partial charge in [0, 0.05) is 23.5 Å². The summed E-state index contributed by atoms with van der Waals surface area (Å²) in [4.78, 5) is 23.2. The minimum absolute atomic E-state index is 0.0707. The fourth-order valence-electron chi connectivity index (χ4n) is 1.85. The third-order valence-corrected chi connectivity index (χ3v) is 3.13. The molecule has 0 atom stereocenters. The Balaban J connectivity index is 1.95. The summed E-state index contributed by atoms with van der Waals surface area (Å²) in [5.41, 5.74) is 3.02. The van der Waals surface area contributed by atoms with Crippen LogP contribution < -0.4 is 5.32 Å². The van der Waals surface area contributed by atoms with Gasteiger partial charge in [0.2, 0.25) is 0 Å². The summed E-state index contributed by atoms with van der Waals surface area (Å²) in [7, 11) is 1.34. The summed E-state index contributed by atoms with van der Waals surface area (Å²) < 4.78 is 4.63. The summed E-state index contributed by atoms with van der Waals surface area (Å²) in [6, 6.07) is 14.2. The molecular weight excluding hydrogens is 278 g/mol. The van der Waals surface area contributed by atoms with Crippen molar-refractivity contribution in [1.29, 1.82) is 0 Å². The number of allylic oxidation sites excluding steroid dienone is 1. The lowest BCUT2D eigenvalue weighted by molar-refractivity contribution is 0.0600. The van der Waals surface area contributed by atoms with Gasteiger partial charge in [-0.2, -0.15) is 0 Å². The van der Waals surface area contributed by atoms with Gasteiger partial charge in [0.15, 0.2) is 5.78 Å². The molecule has 2 aromatic carbocycles. The molecule has 4 nitrogen and oxygen atoms in total. The van der Waals surface area contributed by atoms with Gasteiger partial charge in [-0.1, -0.05) is 29.8 Å². The Labute approximate surface area is 129 Å². The number of hydrogen-bond donors (Lipinski definition) is 1. The van der Waals surface area contributed by atoms with Crippen molar-refractivity contribution in [2.24, 2.45) is 0 Å². The second kappa shape index (κ2) is 7.22. The minimum Gasteiger partial charge on any atom is -0.465 e. The van der Waals surface area contributed by atoms with E-state index in [0.29, 0.717) is 11.1 Å². The van der Waals surface area contributed by atoms with Gasteiger partial charge in [-0.15, -0.1) is 0 Å². The van der Waals surface area contributed by atoms with Crippen molar-refractivity contribution >= 4 is 17.4 Å². The molecule has 2 rings (SSSR count). The van der Waals surface area contributed by atoms with E-state index in [2.05, 4.69) is 10.1 Å². The molecule has 2 aromatic rings. The topological polar surface area (TPSA) is 55.4 Å². The predicted octanol–water partition coefficient (Wildman–Crippen LogP) is 3.59. The number of hydrogen-bond acceptors (Lipinski definition) is 4. The molecule has 0 amide bonds. The summed E-state index contributed by atoms with van der Waals surface area (Å²) in [6.07, 6.45) is 3.05. The molecular formula is C18H17NO3. The number of aryl methyl sites for hydroxylation is 1. The first kappa shape index (κ1) is 15.5. The first-order valence-electron chi connectivity index (χ1n) is 6.82. The Morgan fingerprint density at radius 2 is 1.55 bits per heavy atom. The molecule has 0 aromatic heterocycles. The van der Waals surface area contributed by atoms with E-state index in [1.807, 2.05) is 19.1 Å². The normalized spacial score (nSPS) is 10.5. The van der Waals surface area contributed by atoms with Crippen molar-refractivity contribution < 1.29 is 14.3 Å². The molecule has 0 saturated carbocycles. The Bertz CT molecular complexity index is 685. The highest BCUT2D eigenvalue weighted by Crippen LogP contribution is 2.11. The van der Waals surface area contributed by atoms with E-state index in [1.54, 1.807) is 42.6 Å². The van der Waals surface area contributed by atoms with E-state index in [9.17, 15) is 9.59 Å². The lowest BCUT2D eigenvalue weighted by atomic mass is 10.1. The van der Waals surface area contributed by atoms with Crippen molar-refractivity contribution in [3.63, 3.8) is 0 Å². The Kier molecular flexibility index (Phi) is 5.09. The van der Waals surface area contributed by atoms with Crippen LogP contribution in [0.25, 0.3) is 0 Å². The maximum atomic E-state index is 11.9. The number of carbonyl (C=O) groups excluding carboxylic acids is 2. The van der Waals surface area contributed by atoms with Gasteiger partial charge in [-0.3, -0.25) is 4.79 Å². The van der Waals surface area contributed by atoms with E-state index < -0.39 is 0 Å². The van der Waals surface area contributed by atoms with Crippen LogP contribution in [-0.4, -0.2) is 18.9 Å². The average molecular weight is 295 g/mol. The van der Waals surface area contributed by atoms with Crippen LogP contribution in [0.4, 0.5) is 5.69 Å². The number of ketones is 1. The molecule has 0 aliphatic carbocycles. The van der Waals surface area contributed by atoms with Gasteiger partial charge in [0.1, 0.15) is 0 Å². The van der Waals surface area contributed by atoms with Crippen LogP contribution in [0.5, 0.6) is 0 Å². The molecule has 0 saturated heterocycles. The molecule has 0 aliphatic heterocycles. The van der Waals surface area contributed by atoms with Gasteiger partial charge in [-0.05, 0) is 31.2 Å². The van der Waals surface area contributed by atoms with Crippen LogP contribution in [0.3, 0.4) is 0 Å². The number of nitrogens with one attached hydrogen (secondary N) is 1. The van der Waals surface area contributed by atoms with Crippen LogP contribution >= 0.6 is 0 Å². The standard InChI is InChI=1S/C18H17NO3/c1-13-3-5-14(6-4-13)17(20)11-12-19-16-9-7-15(8-10-16)18(21)22-2/h3-12,19H,1-2H3. The van der Waals surface area contributed by atoms with E-state index in [4.69, 9.17) is 0 Å². The van der Waals surface area contributed by atoms with Gasteiger partial charge >= 0.3 is 5.97 Å². The number of esters is 1. The molecule has 0 heterocycles. The fourth-order valence-corrected chi connectivity index (χ4v) is 1.85. The van der Waals surface area contributed by atoms with E-state index in [1.165, 1.54) is 13.2 Å². The van der Waals surface area contributed by atoms with Crippen molar-refractivity contribution in [3.8, 4) is 0 Å². The van der Waals surface area contributed by atoms with Crippen LogP contribution in [0, 0.1) is 6.92 Å². The van der Waals surface area contributed by atoms with Gasteiger partial charge in [0.05, 0.1) is 12.7 Å².